The van der Waals surface area contributed by atoms with Gasteiger partial charge in [0.25, 0.3) is 5.91 Å². The highest BCUT2D eigenvalue weighted by molar-refractivity contribution is 5.99. The number of nitrogens with zero attached hydrogens (tertiary/aromatic N) is 6. The fourth-order valence-electron chi connectivity index (χ4n) is 4.12. The van der Waals surface area contributed by atoms with Gasteiger partial charge in [-0.25, -0.2) is 4.98 Å². The Morgan fingerprint density at radius 3 is 2.58 bits per heavy atom. The molecule has 1 saturated heterocycles. The molecule has 3 aromatic rings. The summed E-state index contributed by atoms with van der Waals surface area (Å²) in [6.45, 7) is -0.627. The lowest BCUT2D eigenvalue weighted by Gasteiger charge is -2.39. The minimum atomic E-state index is -4.27. The average molecular weight is 534 g/mol. The van der Waals surface area contributed by atoms with E-state index in [2.05, 4.69) is 36.2 Å². The summed E-state index contributed by atoms with van der Waals surface area (Å²) in [6, 6.07) is 6.71. The molecule has 1 aliphatic rings. The summed E-state index contributed by atoms with van der Waals surface area (Å²) in [5.41, 5.74) is 1.29. The van der Waals surface area contributed by atoms with Crippen molar-refractivity contribution in [2.24, 2.45) is 13.0 Å². The lowest BCUT2D eigenvalue weighted by atomic mass is 9.96. The van der Waals surface area contributed by atoms with E-state index >= 15 is 0 Å². The van der Waals surface area contributed by atoms with Gasteiger partial charge in [-0.3, -0.25) is 19.2 Å². The number of alkyl halides is 3. The number of halogens is 3. The van der Waals surface area contributed by atoms with Gasteiger partial charge in [-0.1, -0.05) is 6.07 Å². The van der Waals surface area contributed by atoms with Gasteiger partial charge in [0.05, 0.1) is 30.6 Å². The van der Waals surface area contributed by atoms with Gasteiger partial charge in [-0.2, -0.15) is 18.3 Å². The summed E-state index contributed by atoms with van der Waals surface area (Å²) in [6.07, 6.45) is -2.68. The van der Waals surface area contributed by atoms with Crippen molar-refractivity contribution >= 4 is 29.0 Å². The maximum Gasteiger partial charge on any atom is 0.401 e. The number of amides is 2. The zero-order valence-corrected chi connectivity index (χ0v) is 20.8. The van der Waals surface area contributed by atoms with Crippen molar-refractivity contribution in [2.75, 3.05) is 44.4 Å². The first kappa shape index (κ1) is 26.8. The van der Waals surface area contributed by atoms with Gasteiger partial charge in [0.1, 0.15) is 6.33 Å². The molecule has 3 N–H and O–H groups in total. The van der Waals surface area contributed by atoms with Crippen LogP contribution in [0.4, 0.5) is 30.4 Å². The standard InChI is InChI=1S/C23H26F3N9O3/c1-27-22(37)19-16(29-15-6-4-5-14(20(15)38-3)21-28-12-34(2)33-21)8-17(31-32-19)30-18(36)7-13-9-35(10-13)11-23(24,25)26/h4-6,8,12-13H,7,9-11H2,1-3H3,(H,27,37)(H2,29,30,31,36). The molecule has 1 fully saturated rings. The highest BCUT2D eigenvalue weighted by Gasteiger charge is 2.37. The predicted molar refractivity (Wildman–Crippen MR) is 131 cm³/mol. The number of hydrogen-bond donors (Lipinski definition) is 3. The topological polar surface area (TPSA) is 139 Å². The second-order valence-corrected chi connectivity index (χ2v) is 8.75. The highest BCUT2D eigenvalue weighted by atomic mass is 19.4. The molecule has 0 bridgehead atoms. The molecule has 0 aliphatic carbocycles. The van der Waals surface area contributed by atoms with Crippen molar-refractivity contribution in [1.29, 1.82) is 0 Å². The van der Waals surface area contributed by atoms with Crippen LogP contribution in [0, 0.1) is 5.92 Å². The highest BCUT2D eigenvalue weighted by Crippen LogP contribution is 2.37. The van der Waals surface area contributed by atoms with Crippen LogP contribution in [0.2, 0.25) is 0 Å². The second-order valence-electron chi connectivity index (χ2n) is 8.75. The van der Waals surface area contributed by atoms with E-state index in [1.54, 1.807) is 36.3 Å². The molecule has 0 radical (unpaired) electrons. The third-order valence-corrected chi connectivity index (χ3v) is 5.74. The first-order valence-corrected chi connectivity index (χ1v) is 11.5. The van der Waals surface area contributed by atoms with Crippen molar-refractivity contribution in [2.45, 2.75) is 12.6 Å². The summed E-state index contributed by atoms with van der Waals surface area (Å²) in [7, 11) is 4.67. The quantitative estimate of drug-likeness (QED) is 0.378. The molecule has 0 atom stereocenters. The molecule has 1 aliphatic heterocycles. The molecule has 202 valence electrons. The van der Waals surface area contributed by atoms with Gasteiger partial charge in [-0.15, -0.1) is 10.2 Å². The fraction of sp³-hybridized carbons (Fsp3) is 0.391. The number of carbonyl (C=O) groups is 2. The van der Waals surface area contributed by atoms with Crippen LogP contribution in [0.25, 0.3) is 11.4 Å². The molecule has 4 rings (SSSR count). The van der Waals surface area contributed by atoms with Crippen LogP contribution in [0.3, 0.4) is 0 Å². The van der Waals surface area contributed by atoms with Crippen LogP contribution in [-0.4, -0.2) is 81.6 Å². The summed E-state index contributed by atoms with van der Waals surface area (Å²) >= 11 is 0. The molecule has 0 unspecified atom stereocenters. The Morgan fingerprint density at radius 2 is 1.95 bits per heavy atom. The van der Waals surface area contributed by atoms with Crippen LogP contribution in [0.1, 0.15) is 16.9 Å². The lowest BCUT2D eigenvalue weighted by molar-refractivity contribution is -0.159. The van der Waals surface area contributed by atoms with Crippen molar-refractivity contribution in [1.82, 2.24) is 35.2 Å². The number of likely N-dealkylation sites (tertiary alicyclic amines) is 1. The summed E-state index contributed by atoms with van der Waals surface area (Å²) in [5.74, 6) is -0.213. The van der Waals surface area contributed by atoms with Crippen LogP contribution in [-0.2, 0) is 11.8 Å². The van der Waals surface area contributed by atoms with Crippen molar-refractivity contribution < 1.29 is 27.5 Å². The maximum atomic E-state index is 12.5. The Kier molecular flexibility index (Phi) is 7.75. The molecule has 12 nitrogen and oxygen atoms in total. The first-order valence-electron chi connectivity index (χ1n) is 11.5. The number of hydrogen-bond acceptors (Lipinski definition) is 9. The molecule has 2 amide bonds. The monoisotopic (exact) mass is 533 g/mol. The fourth-order valence-corrected chi connectivity index (χ4v) is 4.12. The van der Waals surface area contributed by atoms with Gasteiger partial charge in [-0.05, 0) is 18.1 Å². The Labute approximate surface area is 215 Å². The van der Waals surface area contributed by atoms with E-state index in [-0.39, 0.29) is 42.6 Å². The number of carbonyl (C=O) groups excluding carboxylic acids is 2. The smallest absolute Gasteiger partial charge is 0.401 e. The van der Waals surface area contributed by atoms with Crippen molar-refractivity contribution in [3.63, 3.8) is 0 Å². The molecular weight excluding hydrogens is 507 g/mol. The zero-order chi connectivity index (χ0) is 27.4. The molecule has 38 heavy (non-hydrogen) atoms. The lowest BCUT2D eigenvalue weighted by Crippen LogP contribution is -2.51. The van der Waals surface area contributed by atoms with Crippen LogP contribution >= 0.6 is 0 Å². The van der Waals surface area contributed by atoms with E-state index in [1.807, 2.05) is 0 Å². The Morgan fingerprint density at radius 1 is 1.18 bits per heavy atom. The number of rotatable bonds is 9. The number of ether oxygens (including phenoxy) is 1. The average Bonchev–Trinajstić information content (AvgIpc) is 3.27. The summed E-state index contributed by atoms with van der Waals surface area (Å²) < 4.78 is 44.6. The van der Waals surface area contributed by atoms with Gasteiger partial charge in [0, 0.05) is 39.7 Å². The van der Waals surface area contributed by atoms with E-state index in [4.69, 9.17) is 4.74 Å². The van der Waals surface area contributed by atoms with Gasteiger partial charge in [0.2, 0.25) is 5.91 Å². The molecule has 0 saturated carbocycles. The van der Waals surface area contributed by atoms with E-state index in [0.717, 1.165) is 0 Å². The zero-order valence-electron chi connectivity index (χ0n) is 20.8. The number of anilines is 3. The largest absolute Gasteiger partial charge is 0.494 e. The van der Waals surface area contributed by atoms with Crippen molar-refractivity contribution in [3.8, 4) is 17.1 Å². The third kappa shape index (κ3) is 6.34. The first-order chi connectivity index (χ1) is 18.1. The number of benzene rings is 1. The molecule has 3 heterocycles. The van der Waals surface area contributed by atoms with Crippen molar-refractivity contribution in [3.05, 3.63) is 36.3 Å². The number of methoxy groups -OCH3 is 1. The van der Waals surface area contributed by atoms with Crippen LogP contribution in [0.5, 0.6) is 5.75 Å². The minimum absolute atomic E-state index is 0.0307. The molecule has 1 aromatic carbocycles. The van der Waals surface area contributed by atoms with Crippen LogP contribution < -0.4 is 20.7 Å². The van der Waals surface area contributed by atoms with E-state index in [0.29, 0.717) is 22.8 Å². The van der Waals surface area contributed by atoms with E-state index in [9.17, 15) is 22.8 Å². The third-order valence-electron chi connectivity index (χ3n) is 5.74. The number of aryl methyl sites for hydroxylation is 1. The Hall–Kier alpha value is -4.27. The normalized spacial score (nSPS) is 14.1. The molecular formula is C23H26F3N9O3. The SMILES string of the molecule is CNC(=O)c1nnc(NC(=O)CC2CN(CC(F)(F)F)C2)cc1Nc1cccc(-c2ncn(C)n2)c1OC. The summed E-state index contributed by atoms with van der Waals surface area (Å²) in [5, 5.41) is 20.4. The number of aromatic nitrogens is 5. The molecule has 15 heteroatoms. The van der Waals surface area contributed by atoms with Gasteiger partial charge < -0.3 is 20.7 Å². The second kappa shape index (κ2) is 11.0. The number of para-hydroxylation sites is 1. The number of nitrogens with one attached hydrogen (secondary N) is 3. The van der Waals surface area contributed by atoms with Gasteiger partial charge in [0.15, 0.2) is 23.1 Å². The molecule has 0 spiro atoms. The Bertz CT molecular complexity index is 1320. The van der Waals surface area contributed by atoms with E-state index < -0.39 is 24.5 Å². The summed E-state index contributed by atoms with van der Waals surface area (Å²) in [4.78, 5) is 30.4. The predicted octanol–water partition coefficient (Wildman–Crippen LogP) is 2.21. The Balaban J connectivity index is 1.52. The molecule has 2 aromatic heterocycles. The van der Waals surface area contributed by atoms with E-state index in [1.165, 1.54) is 25.1 Å². The maximum absolute atomic E-state index is 12.5. The minimum Gasteiger partial charge on any atom is -0.494 e. The van der Waals surface area contributed by atoms with Crippen LogP contribution in [0.15, 0.2) is 30.6 Å². The van der Waals surface area contributed by atoms with Gasteiger partial charge >= 0.3 is 6.18 Å².